The van der Waals surface area contributed by atoms with Crippen LogP contribution >= 0.6 is 68.0 Å². The molecule has 0 saturated heterocycles. The van der Waals surface area contributed by atoms with Gasteiger partial charge in [0.2, 0.25) is 0 Å². The van der Waals surface area contributed by atoms with Crippen LogP contribution in [-0.4, -0.2) is 0 Å². The van der Waals surface area contributed by atoms with Crippen LogP contribution in [0.15, 0.2) is 72.8 Å². The Morgan fingerprint density at radius 1 is 0.412 bits per heavy atom. The molecular formula is C28H14S6. The van der Waals surface area contributed by atoms with E-state index in [1.54, 1.807) is 0 Å². The van der Waals surface area contributed by atoms with E-state index in [1.165, 1.54) is 67.9 Å². The minimum atomic E-state index is 1.33. The second-order valence-electron chi connectivity index (χ2n) is 8.16. The Balaban J connectivity index is 1.11. The number of fused-ring (bicyclic) bond motifs is 7. The van der Waals surface area contributed by atoms with E-state index in [0.29, 0.717) is 0 Å². The van der Waals surface area contributed by atoms with Crippen molar-refractivity contribution in [3.63, 3.8) is 0 Å². The lowest BCUT2D eigenvalue weighted by atomic mass is 10.2. The third-order valence-corrected chi connectivity index (χ3v) is 13.2. The Morgan fingerprint density at radius 2 is 0.941 bits per heavy atom. The summed E-state index contributed by atoms with van der Waals surface area (Å²) in [6, 6.07) is 26.9. The molecule has 0 bridgehead atoms. The molecule has 0 amide bonds. The zero-order chi connectivity index (χ0) is 22.2. The molecule has 0 spiro atoms. The van der Waals surface area contributed by atoms with Gasteiger partial charge in [0.15, 0.2) is 0 Å². The van der Waals surface area contributed by atoms with Gasteiger partial charge in [0, 0.05) is 58.5 Å². The highest BCUT2D eigenvalue weighted by Crippen LogP contribution is 2.47. The Labute approximate surface area is 219 Å². The van der Waals surface area contributed by atoms with Gasteiger partial charge in [-0.15, -0.1) is 68.0 Å². The first-order chi connectivity index (χ1) is 16.8. The monoisotopic (exact) mass is 542 g/mol. The topological polar surface area (TPSA) is 0 Å². The van der Waals surface area contributed by atoms with Crippen LogP contribution in [-0.2, 0) is 0 Å². The lowest BCUT2D eigenvalue weighted by molar-refractivity contribution is 1.87. The predicted molar refractivity (Wildman–Crippen MR) is 162 cm³/mol. The van der Waals surface area contributed by atoms with E-state index >= 15 is 0 Å². The standard InChI is InChI=1S/C28H14S6/c1-3-7-19-17(5-1)27-25(31-19)12-16(30-27)10-9-15-11-21-22(29-15)13-23(33-21)24-14-26-28(34-24)18-6-2-4-8-20(18)32-26/h1-14H. The van der Waals surface area contributed by atoms with E-state index in [9.17, 15) is 0 Å². The van der Waals surface area contributed by atoms with Crippen LogP contribution in [0.25, 0.3) is 70.3 Å². The van der Waals surface area contributed by atoms with Crippen molar-refractivity contribution >= 4 is 129 Å². The molecule has 2 aromatic carbocycles. The average Bonchev–Trinajstić information content (AvgIpc) is 3.64. The molecule has 34 heavy (non-hydrogen) atoms. The molecule has 0 fully saturated rings. The van der Waals surface area contributed by atoms with Gasteiger partial charge < -0.3 is 0 Å². The predicted octanol–water partition coefficient (Wildman–Crippen LogP) is 11.7. The number of hydrogen-bond acceptors (Lipinski definition) is 6. The SMILES string of the molecule is C(=Cc1cc2sc3ccccc3c2s1)c1cc2sc(-c3cc4sc5ccccc5c4s3)cc2s1. The van der Waals surface area contributed by atoms with Crippen molar-refractivity contribution in [1.29, 1.82) is 0 Å². The van der Waals surface area contributed by atoms with Crippen molar-refractivity contribution in [1.82, 2.24) is 0 Å². The van der Waals surface area contributed by atoms with Gasteiger partial charge in [0.1, 0.15) is 0 Å². The number of hydrogen-bond donors (Lipinski definition) is 0. The fourth-order valence-corrected chi connectivity index (χ4v) is 11.8. The second-order valence-corrected chi connectivity index (χ2v) is 14.7. The molecule has 0 unspecified atom stereocenters. The zero-order valence-corrected chi connectivity index (χ0v) is 22.4. The summed E-state index contributed by atoms with van der Waals surface area (Å²) in [6.07, 6.45) is 4.56. The van der Waals surface area contributed by atoms with Crippen molar-refractivity contribution in [2.45, 2.75) is 0 Å². The van der Waals surface area contributed by atoms with Gasteiger partial charge in [-0.1, -0.05) is 36.4 Å². The molecule has 0 aliphatic heterocycles. The highest BCUT2D eigenvalue weighted by atomic mass is 32.1. The fourth-order valence-electron chi connectivity index (χ4n) is 4.44. The molecule has 8 rings (SSSR count). The summed E-state index contributed by atoms with van der Waals surface area (Å²) in [7, 11) is 0. The van der Waals surface area contributed by atoms with Gasteiger partial charge in [0.05, 0.1) is 9.40 Å². The second kappa shape index (κ2) is 7.59. The number of rotatable bonds is 3. The van der Waals surface area contributed by atoms with Crippen LogP contribution in [0, 0.1) is 0 Å². The molecular weight excluding hydrogens is 529 g/mol. The Bertz CT molecular complexity index is 1990. The molecule has 0 aliphatic rings. The maximum atomic E-state index is 2.38. The van der Waals surface area contributed by atoms with E-state index in [4.69, 9.17) is 0 Å². The molecule has 162 valence electrons. The maximum Gasteiger partial charge on any atom is 0.0536 e. The molecule has 0 saturated carbocycles. The molecule has 0 nitrogen and oxygen atoms in total. The van der Waals surface area contributed by atoms with Crippen molar-refractivity contribution in [2.75, 3.05) is 0 Å². The summed E-state index contributed by atoms with van der Waals surface area (Å²) < 4.78 is 11.2. The third-order valence-electron chi connectivity index (χ3n) is 6.00. The zero-order valence-electron chi connectivity index (χ0n) is 17.5. The summed E-state index contributed by atoms with van der Waals surface area (Å²) in [6.45, 7) is 0. The largest absolute Gasteiger partial charge is 0.135 e. The Hall–Kier alpha value is -2.32. The molecule has 6 heteroatoms. The summed E-state index contributed by atoms with van der Waals surface area (Å²) >= 11 is 11.4. The third kappa shape index (κ3) is 3.10. The molecule has 0 N–H and O–H groups in total. The van der Waals surface area contributed by atoms with Crippen LogP contribution < -0.4 is 0 Å². The number of thiophene rings is 6. The minimum absolute atomic E-state index is 1.33. The van der Waals surface area contributed by atoms with Crippen molar-refractivity contribution in [3.05, 3.63) is 82.6 Å². The highest BCUT2D eigenvalue weighted by molar-refractivity contribution is 7.36. The van der Waals surface area contributed by atoms with E-state index < -0.39 is 0 Å². The molecule has 6 heterocycles. The summed E-state index contributed by atoms with van der Waals surface area (Å²) in [4.78, 5) is 5.44. The molecule has 0 atom stereocenters. The van der Waals surface area contributed by atoms with E-state index in [2.05, 4.69) is 84.9 Å². The summed E-state index contributed by atoms with van der Waals surface area (Å²) in [5.41, 5.74) is 0. The first-order valence-corrected chi connectivity index (χ1v) is 15.7. The van der Waals surface area contributed by atoms with Gasteiger partial charge in [-0.05, 0) is 48.6 Å². The van der Waals surface area contributed by atoms with Crippen LogP contribution in [0.5, 0.6) is 0 Å². The van der Waals surface area contributed by atoms with Crippen LogP contribution in [0.3, 0.4) is 0 Å². The van der Waals surface area contributed by atoms with Gasteiger partial charge >= 0.3 is 0 Å². The highest BCUT2D eigenvalue weighted by Gasteiger charge is 2.14. The minimum Gasteiger partial charge on any atom is -0.135 e. The van der Waals surface area contributed by atoms with Gasteiger partial charge in [-0.25, -0.2) is 0 Å². The lowest BCUT2D eigenvalue weighted by Crippen LogP contribution is -1.61. The van der Waals surface area contributed by atoms with Crippen LogP contribution in [0.1, 0.15) is 9.75 Å². The first kappa shape index (κ1) is 19.9. The van der Waals surface area contributed by atoms with E-state index in [-0.39, 0.29) is 0 Å². The molecule has 0 aliphatic carbocycles. The van der Waals surface area contributed by atoms with Gasteiger partial charge in [0.25, 0.3) is 0 Å². The average molecular weight is 543 g/mol. The van der Waals surface area contributed by atoms with Gasteiger partial charge in [-0.2, -0.15) is 0 Å². The molecule has 8 aromatic rings. The van der Waals surface area contributed by atoms with Crippen molar-refractivity contribution < 1.29 is 0 Å². The van der Waals surface area contributed by atoms with Gasteiger partial charge in [-0.3, -0.25) is 0 Å². The van der Waals surface area contributed by atoms with Crippen molar-refractivity contribution in [3.8, 4) is 9.75 Å². The van der Waals surface area contributed by atoms with Crippen LogP contribution in [0.4, 0.5) is 0 Å². The van der Waals surface area contributed by atoms with E-state index in [0.717, 1.165) is 0 Å². The quantitative estimate of drug-likeness (QED) is 0.208. The maximum absolute atomic E-state index is 2.38. The normalized spacial score (nSPS) is 12.6. The Morgan fingerprint density at radius 3 is 1.68 bits per heavy atom. The molecule has 0 radical (unpaired) electrons. The fraction of sp³-hybridized carbons (Fsp3) is 0. The smallest absolute Gasteiger partial charge is 0.0536 e. The lowest BCUT2D eigenvalue weighted by Gasteiger charge is -1.90. The summed E-state index contributed by atoms with van der Waals surface area (Å²) in [5.74, 6) is 0. The molecule has 6 aromatic heterocycles. The first-order valence-electron chi connectivity index (χ1n) is 10.8. The number of benzene rings is 2. The van der Waals surface area contributed by atoms with Crippen LogP contribution in [0.2, 0.25) is 0 Å². The Kier molecular flexibility index (Phi) is 4.45. The van der Waals surface area contributed by atoms with Crippen molar-refractivity contribution in [2.24, 2.45) is 0 Å². The van der Waals surface area contributed by atoms with E-state index in [1.807, 2.05) is 68.0 Å². The summed E-state index contributed by atoms with van der Waals surface area (Å²) in [5, 5.41) is 2.78.